The van der Waals surface area contributed by atoms with Crippen LogP contribution in [-0.4, -0.2) is 31.1 Å². The normalized spacial score (nSPS) is 36.0. The smallest absolute Gasteiger partial charge is 0.122 e. The van der Waals surface area contributed by atoms with Crippen LogP contribution in [0.15, 0.2) is 18.2 Å². The fourth-order valence-corrected chi connectivity index (χ4v) is 7.83. The Bertz CT molecular complexity index is 641. The van der Waals surface area contributed by atoms with Gasteiger partial charge in [0.1, 0.15) is 5.75 Å². The number of ether oxygens (including phenoxy) is 1. The molecule has 154 valence electrons. The number of methoxy groups -OCH3 is 1. The van der Waals surface area contributed by atoms with Crippen molar-refractivity contribution in [2.75, 3.05) is 20.2 Å². The molecule has 1 atom stereocenters. The highest BCUT2D eigenvalue weighted by Crippen LogP contribution is 2.57. The molecule has 5 aliphatic rings. The highest BCUT2D eigenvalue weighted by atomic mass is 16.5. The Balaban J connectivity index is 1.25. The van der Waals surface area contributed by atoms with Gasteiger partial charge in [-0.3, -0.25) is 0 Å². The zero-order valence-corrected chi connectivity index (χ0v) is 18.0. The van der Waals surface area contributed by atoms with Crippen molar-refractivity contribution in [3.63, 3.8) is 0 Å². The summed E-state index contributed by atoms with van der Waals surface area (Å²) in [4.78, 5) is 2.86. The summed E-state index contributed by atoms with van der Waals surface area (Å²) in [6.07, 6.45) is 14.3. The molecular weight excluding hydrogens is 342 g/mol. The number of benzene rings is 1. The highest BCUT2D eigenvalue weighted by Gasteiger charge is 2.47. The number of aryl methyl sites for hydroxylation is 1. The lowest BCUT2D eigenvalue weighted by Crippen LogP contribution is -2.47. The van der Waals surface area contributed by atoms with Crippen LogP contribution in [0.25, 0.3) is 0 Å². The molecule has 1 unspecified atom stereocenters. The third kappa shape index (κ3) is 3.51. The first-order chi connectivity index (χ1) is 13.7. The number of hydrogen-bond donors (Lipinski definition) is 0. The maximum atomic E-state index is 5.70. The number of hydrogen-bond acceptors (Lipinski definition) is 2. The van der Waals surface area contributed by atoms with E-state index in [0.29, 0.717) is 6.04 Å². The van der Waals surface area contributed by atoms with E-state index in [0.717, 1.165) is 35.3 Å². The van der Waals surface area contributed by atoms with Gasteiger partial charge in [0, 0.05) is 6.04 Å². The molecule has 2 heteroatoms. The van der Waals surface area contributed by atoms with Crippen LogP contribution >= 0.6 is 0 Å². The molecule has 0 amide bonds. The van der Waals surface area contributed by atoms with Gasteiger partial charge in [0.05, 0.1) is 7.11 Å². The van der Waals surface area contributed by atoms with E-state index in [4.69, 9.17) is 4.74 Å². The average Bonchev–Trinajstić information content (AvgIpc) is 2.71. The molecule has 2 nitrogen and oxygen atoms in total. The third-order valence-electron chi connectivity index (χ3n) is 8.84. The first-order valence-corrected chi connectivity index (χ1v) is 12.1. The van der Waals surface area contributed by atoms with E-state index < -0.39 is 0 Å². The molecule has 0 saturated heterocycles. The van der Waals surface area contributed by atoms with Crippen LogP contribution in [0, 0.1) is 29.6 Å². The Hall–Kier alpha value is -1.02. The fourth-order valence-electron chi connectivity index (χ4n) is 7.83. The fraction of sp³-hybridized carbons (Fsp3) is 0.769. The average molecular weight is 382 g/mol. The first-order valence-electron chi connectivity index (χ1n) is 12.1. The van der Waals surface area contributed by atoms with Crippen LogP contribution in [0.5, 0.6) is 5.75 Å². The molecule has 1 aromatic rings. The van der Waals surface area contributed by atoms with Gasteiger partial charge in [-0.05, 0) is 124 Å². The summed E-state index contributed by atoms with van der Waals surface area (Å²) in [5, 5.41) is 0. The molecule has 0 spiro atoms. The molecule has 0 aliphatic heterocycles. The van der Waals surface area contributed by atoms with Crippen molar-refractivity contribution in [1.29, 1.82) is 0 Å². The van der Waals surface area contributed by atoms with E-state index in [1.807, 2.05) is 7.11 Å². The molecule has 6 rings (SSSR count). The highest BCUT2D eigenvalue weighted by molar-refractivity contribution is 5.42. The topological polar surface area (TPSA) is 12.5 Å². The Morgan fingerprint density at radius 1 is 1.00 bits per heavy atom. The second kappa shape index (κ2) is 8.01. The zero-order chi connectivity index (χ0) is 19.1. The maximum absolute atomic E-state index is 5.70. The van der Waals surface area contributed by atoms with Crippen molar-refractivity contribution in [1.82, 2.24) is 4.90 Å². The van der Waals surface area contributed by atoms with Gasteiger partial charge in [-0.1, -0.05) is 19.1 Å². The summed E-state index contributed by atoms with van der Waals surface area (Å²) in [5.41, 5.74) is 3.00. The Labute approximate surface area is 172 Å². The van der Waals surface area contributed by atoms with Crippen LogP contribution in [0.3, 0.4) is 0 Å². The molecule has 0 aromatic heterocycles. The lowest BCUT2D eigenvalue weighted by atomic mass is 9.51. The van der Waals surface area contributed by atoms with Crippen LogP contribution in [-0.2, 0) is 12.8 Å². The third-order valence-corrected chi connectivity index (χ3v) is 8.84. The summed E-state index contributed by atoms with van der Waals surface area (Å²) in [6.45, 7) is 4.95. The van der Waals surface area contributed by atoms with Crippen LogP contribution in [0.1, 0.15) is 69.4 Å². The molecule has 4 bridgehead atoms. The monoisotopic (exact) mass is 381 g/mol. The van der Waals surface area contributed by atoms with Gasteiger partial charge >= 0.3 is 0 Å². The minimum absolute atomic E-state index is 0.709. The van der Waals surface area contributed by atoms with Gasteiger partial charge in [-0.2, -0.15) is 0 Å². The molecule has 5 aliphatic carbocycles. The lowest BCUT2D eigenvalue weighted by molar-refractivity contribution is -0.0439. The van der Waals surface area contributed by atoms with Gasteiger partial charge in [0.15, 0.2) is 0 Å². The molecule has 4 saturated carbocycles. The molecule has 0 heterocycles. The van der Waals surface area contributed by atoms with Crippen molar-refractivity contribution >= 4 is 0 Å². The van der Waals surface area contributed by atoms with Crippen molar-refractivity contribution in [3.8, 4) is 5.75 Å². The molecule has 1 aromatic carbocycles. The van der Waals surface area contributed by atoms with Gasteiger partial charge < -0.3 is 9.64 Å². The molecule has 28 heavy (non-hydrogen) atoms. The number of nitrogens with zero attached hydrogens (tertiary/aromatic N) is 1. The van der Waals surface area contributed by atoms with Gasteiger partial charge in [0.25, 0.3) is 0 Å². The van der Waals surface area contributed by atoms with E-state index in [-0.39, 0.29) is 0 Å². The second-order valence-corrected chi connectivity index (χ2v) is 10.4. The van der Waals surface area contributed by atoms with Crippen molar-refractivity contribution in [3.05, 3.63) is 29.3 Å². The summed E-state index contributed by atoms with van der Waals surface area (Å²) < 4.78 is 5.70. The van der Waals surface area contributed by atoms with Crippen molar-refractivity contribution < 1.29 is 4.74 Å². The second-order valence-electron chi connectivity index (χ2n) is 10.4. The number of fused-ring (bicyclic) bond motifs is 1. The standard InChI is InChI=1S/C26H39NO/c1-3-10-27(23-8-7-20-5-4-6-26(28-2)25(20)17-23)11-9-24-21-13-18-12-19(15-21)16-22(24)14-18/h4-6,18-19,21-24H,3,7-17H2,1-2H3. The number of rotatable bonds is 7. The largest absolute Gasteiger partial charge is 0.496 e. The summed E-state index contributed by atoms with van der Waals surface area (Å²) in [5.74, 6) is 6.51. The quantitative estimate of drug-likeness (QED) is 0.598. The minimum Gasteiger partial charge on any atom is -0.496 e. The molecule has 0 radical (unpaired) electrons. The van der Waals surface area contributed by atoms with Crippen molar-refractivity contribution in [2.24, 2.45) is 29.6 Å². The summed E-state index contributed by atoms with van der Waals surface area (Å²) in [6, 6.07) is 7.33. The van der Waals surface area contributed by atoms with Crippen LogP contribution in [0.4, 0.5) is 0 Å². The van der Waals surface area contributed by atoms with Gasteiger partial charge in [0.2, 0.25) is 0 Å². The predicted octanol–water partition coefficient (Wildman–Crippen LogP) is 5.73. The minimum atomic E-state index is 0.709. The molecule has 4 fully saturated rings. The Kier molecular flexibility index (Phi) is 5.43. The first kappa shape index (κ1) is 19.0. The molecule has 0 N–H and O–H groups in total. The van der Waals surface area contributed by atoms with E-state index in [9.17, 15) is 0 Å². The van der Waals surface area contributed by atoms with Gasteiger partial charge in [-0.25, -0.2) is 0 Å². The van der Waals surface area contributed by atoms with Crippen molar-refractivity contribution in [2.45, 2.75) is 77.2 Å². The van der Waals surface area contributed by atoms with Crippen LogP contribution < -0.4 is 4.74 Å². The molecular formula is C26H39NO. The Morgan fingerprint density at radius 2 is 1.75 bits per heavy atom. The summed E-state index contributed by atoms with van der Waals surface area (Å²) in [7, 11) is 1.83. The van der Waals surface area contributed by atoms with Gasteiger partial charge in [-0.15, -0.1) is 0 Å². The Morgan fingerprint density at radius 3 is 2.43 bits per heavy atom. The van der Waals surface area contributed by atoms with Crippen LogP contribution in [0.2, 0.25) is 0 Å². The maximum Gasteiger partial charge on any atom is 0.122 e. The van der Waals surface area contributed by atoms with E-state index in [1.165, 1.54) is 56.3 Å². The van der Waals surface area contributed by atoms with E-state index in [2.05, 4.69) is 30.0 Å². The lowest BCUT2D eigenvalue weighted by Gasteiger charge is -2.55. The SMILES string of the molecule is CCCN(CCC1C2CC3CC(C2)CC1C3)C1CCc2cccc(OC)c2C1. The zero-order valence-electron chi connectivity index (χ0n) is 18.0. The summed E-state index contributed by atoms with van der Waals surface area (Å²) >= 11 is 0. The van der Waals surface area contributed by atoms with E-state index in [1.54, 1.807) is 32.1 Å². The van der Waals surface area contributed by atoms with E-state index >= 15 is 0 Å². The predicted molar refractivity (Wildman–Crippen MR) is 116 cm³/mol.